The molecular formula is C14H24N2O3S. The molecule has 0 saturated carbocycles. The SMILES string of the molecule is CNCc1cc(S(=O)(=O)N(C)C(C)COC)ccc1C. The molecular weight excluding hydrogens is 276 g/mol. The van der Waals surface area contributed by atoms with Gasteiger partial charge in [-0.15, -0.1) is 0 Å². The first-order valence-corrected chi connectivity index (χ1v) is 7.99. The second-order valence-corrected chi connectivity index (χ2v) is 6.94. The molecule has 0 aliphatic rings. The van der Waals surface area contributed by atoms with Crippen molar-refractivity contribution in [1.82, 2.24) is 9.62 Å². The van der Waals surface area contributed by atoms with Crippen molar-refractivity contribution in [1.29, 1.82) is 0 Å². The van der Waals surface area contributed by atoms with Gasteiger partial charge in [0.05, 0.1) is 11.5 Å². The summed E-state index contributed by atoms with van der Waals surface area (Å²) in [4.78, 5) is 0.318. The third-order valence-corrected chi connectivity index (χ3v) is 5.36. The number of nitrogens with zero attached hydrogens (tertiary/aromatic N) is 1. The van der Waals surface area contributed by atoms with Gasteiger partial charge in [0.15, 0.2) is 0 Å². The van der Waals surface area contributed by atoms with Crippen molar-refractivity contribution < 1.29 is 13.2 Å². The standard InChI is InChI=1S/C14H24N2O3S/c1-11-6-7-14(8-13(11)9-15-3)20(17,18)16(4)12(2)10-19-5/h6-8,12,15H,9-10H2,1-5H3. The molecule has 0 radical (unpaired) electrons. The Hall–Kier alpha value is -0.950. The minimum absolute atomic E-state index is 0.209. The molecule has 0 bridgehead atoms. The Labute approximate surface area is 122 Å². The predicted octanol–water partition coefficient (Wildman–Crippen LogP) is 1.37. The van der Waals surface area contributed by atoms with Gasteiger partial charge in [-0.25, -0.2) is 8.42 Å². The highest BCUT2D eigenvalue weighted by atomic mass is 32.2. The van der Waals surface area contributed by atoms with Crippen molar-refractivity contribution >= 4 is 10.0 Å². The van der Waals surface area contributed by atoms with E-state index < -0.39 is 10.0 Å². The van der Waals surface area contributed by atoms with Gasteiger partial charge in [-0.3, -0.25) is 0 Å². The molecule has 1 unspecified atom stereocenters. The first-order valence-electron chi connectivity index (χ1n) is 6.55. The van der Waals surface area contributed by atoms with Crippen LogP contribution in [-0.4, -0.2) is 46.6 Å². The number of methoxy groups -OCH3 is 1. The monoisotopic (exact) mass is 300 g/mol. The lowest BCUT2D eigenvalue weighted by atomic mass is 10.1. The molecule has 0 aromatic heterocycles. The van der Waals surface area contributed by atoms with E-state index in [4.69, 9.17) is 4.74 Å². The van der Waals surface area contributed by atoms with E-state index >= 15 is 0 Å². The average molecular weight is 300 g/mol. The lowest BCUT2D eigenvalue weighted by Crippen LogP contribution is -2.37. The van der Waals surface area contributed by atoms with Gasteiger partial charge in [0.2, 0.25) is 10.0 Å². The quantitative estimate of drug-likeness (QED) is 0.826. The Bertz CT molecular complexity index is 543. The van der Waals surface area contributed by atoms with Gasteiger partial charge in [-0.2, -0.15) is 4.31 Å². The van der Waals surface area contributed by atoms with Crippen LogP contribution in [-0.2, 0) is 21.3 Å². The van der Waals surface area contributed by atoms with Gasteiger partial charge >= 0.3 is 0 Å². The van der Waals surface area contributed by atoms with Crippen molar-refractivity contribution in [2.75, 3.05) is 27.8 Å². The molecule has 0 aliphatic heterocycles. The highest BCUT2D eigenvalue weighted by Crippen LogP contribution is 2.20. The summed E-state index contributed by atoms with van der Waals surface area (Å²) in [6, 6.07) is 5.02. The molecule has 20 heavy (non-hydrogen) atoms. The largest absolute Gasteiger partial charge is 0.383 e. The lowest BCUT2D eigenvalue weighted by Gasteiger charge is -2.24. The van der Waals surface area contributed by atoms with E-state index in [0.717, 1.165) is 11.1 Å². The van der Waals surface area contributed by atoms with E-state index in [-0.39, 0.29) is 6.04 Å². The Balaban J connectivity index is 3.12. The van der Waals surface area contributed by atoms with Crippen LogP contribution in [0.1, 0.15) is 18.1 Å². The molecule has 114 valence electrons. The van der Waals surface area contributed by atoms with Crippen molar-refractivity contribution in [3.8, 4) is 0 Å². The van der Waals surface area contributed by atoms with Crippen LogP contribution in [0.15, 0.2) is 23.1 Å². The summed E-state index contributed by atoms with van der Waals surface area (Å²) < 4.78 is 31.5. The maximum Gasteiger partial charge on any atom is 0.243 e. The topological polar surface area (TPSA) is 58.6 Å². The van der Waals surface area contributed by atoms with Gasteiger partial charge in [-0.1, -0.05) is 6.07 Å². The number of hydrogen-bond donors (Lipinski definition) is 1. The van der Waals surface area contributed by atoms with Crippen LogP contribution in [0.2, 0.25) is 0 Å². The highest BCUT2D eigenvalue weighted by Gasteiger charge is 2.25. The summed E-state index contributed by atoms with van der Waals surface area (Å²) in [5.74, 6) is 0. The number of nitrogens with one attached hydrogen (secondary N) is 1. The van der Waals surface area contributed by atoms with Gasteiger partial charge in [0.25, 0.3) is 0 Å². The molecule has 6 heteroatoms. The molecule has 0 spiro atoms. The first kappa shape index (κ1) is 17.1. The molecule has 0 fully saturated rings. The zero-order valence-corrected chi connectivity index (χ0v) is 13.6. The summed E-state index contributed by atoms with van der Waals surface area (Å²) in [6.45, 7) is 4.81. The van der Waals surface area contributed by atoms with Crippen molar-refractivity contribution in [3.05, 3.63) is 29.3 Å². The Morgan fingerprint density at radius 3 is 2.60 bits per heavy atom. The average Bonchev–Trinajstić information content (AvgIpc) is 2.40. The van der Waals surface area contributed by atoms with Gasteiger partial charge in [0, 0.05) is 26.7 Å². The van der Waals surface area contributed by atoms with Crippen LogP contribution in [0.4, 0.5) is 0 Å². The third kappa shape index (κ3) is 3.79. The number of ether oxygens (including phenoxy) is 1. The number of sulfonamides is 1. The fourth-order valence-corrected chi connectivity index (χ4v) is 3.34. The summed E-state index contributed by atoms with van der Waals surface area (Å²) in [7, 11) is 1.49. The molecule has 0 heterocycles. The van der Waals surface area contributed by atoms with E-state index in [0.29, 0.717) is 18.0 Å². The minimum atomic E-state index is -3.49. The normalized spacial score (nSPS) is 13.7. The second-order valence-electron chi connectivity index (χ2n) is 4.94. The first-order chi connectivity index (χ1) is 9.34. The molecule has 0 saturated heterocycles. The summed E-state index contributed by atoms with van der Waals surface area (Å²) in [5.41, 5.74) is 2.06. The summed E-state index contributed by atoms with van der Waals surface area (Å²) in [6.07, 6.45) is 0. The van der Waals surface area contributed by atoms with E-state index in [9.17, 15) is 8.42 Å². The zero-order valence-electron chi connectivity index (χ0n) is 12.8. The van der Waals surface area contributed by atoms with Crippen LogP contribution in [0.25, 0.3) is 0 Å². The Morgan fingerprint density at radius 2 is 2.05 bits per heavy atom. The maximum absolute atomic E-state index is 12.6. The van der Waals surface area contributed by atoms with Crippen LogP contribution in [0, 0.1) is 6.92 Å². The predicted molar refractivity (Wildman–Crippen MR) is 80.2 cm³/mol. The fraction of sp³-hybridized carbons (Fsp3) is 0.571. The van der Waals surface area contributed by atoms with Gasteiger partial charge in [0.1, 0.15) is 0 Å². The van der Waals surface area contributed by atoms with Gasteiger partial charge in [-0.05, 0) is 44.2 Å². The molecule has 1 aromatic rings. The molecule has 1 N–H and O–H groups in total. The molecule has 1 atom stereocenters. The molecule has 1 aromatic carbocycles. The fourth-order valence-electron chi connectivity index (χ4n) is 1.94. The smallest absolute Gasteiger partial charge is 0.243 e. The lowest BCUT2D eigenvalue weighted by molar-refractivity contribution is 0.149. The van der Waals surface area contributed by atoms with Gasteiger partial charge < -0.3 is 10.1 Å². The van der Waals surface area contributed by atoms with Crippen molar-refractivity contribution in [2.45, 2.75) is 31.3 Å². The second kappa shape index (κ2) is 7.17. The molecule has 0 aliphatic carbocycles. The third-order valence-electron chi connectivity index (χ3n) is 3.39. The molecule has 0 amide bonds. The Kier molecular flexibility index (Phi) is 6.13. The summed E-state index contributed by atoms with van der Waals surface area (Å²) >= 11 is 0. The number of benzene rings is 1. The van der Waals surface area contributed by atoms with Crippen molar-refractivity contribution in [3.63, 3.8) is 0 Å². The van der Waals surface area contributed by atoms with E-state index in [2.05, 4.69) is 5.32 Å². The van der Waals surface area contributed by atoms with E-state index in [1.807, 2.05) is 27.0 Å². The highest BCUT2D eigenvalue weighted by molar-refractivity contribution is 7.89. The number of aryl methyl sites for hydroxylation is 1. The minimum Gasteiger partial charge on any atom is -0.383 e. The molecule has 5 nitrogen and oxygen atoms in total. The van der Waals surface area contributed by atoms with Crippen LogP contribution >= 0.6 is 0 Å². The number of hydrogen-bond acceptors (Lipinski definition) is 4. The zero-order chi connectivity index (χ0) is 15.3. The van der Waals surface area contributed by atoms with Crippen LogP contribution in [0.3, 0.4) is 0 Å². The molecule has 1 rings (SSSR count). The van der Waals surface area contributed by atoms with E-state index in [1.54, 1.807) is 26.3 Å². The maximum atomic E-state index is 12.6. The van der Waals surface area contributed by atoms with Crippen LogP contribution in [0.5, 0.6) is 0 Å². The van der Waals surface area contributed by atoms with Crippen molar-refractivity contribution in [2.24, 2.45) is 0 Å². The summed E-state index contributed by atoms with van der Waals surface area (Å²) in [5, 5.41) is 3.05. The number of likely N-dealkylation sites (N-methyl/N-ethyl adjacent to an activating group) is 1. The van der Waals surface area contributed by atoms with E-state index in [1.165, 1.54) is 4.31 Å². The van der Waals surface area contributed by atoms with Crippen LogP contribution < -0.4 is 5.32 Å². The number of rotatable bonds is 7. The Morgan fingerprint density at radius 1 is 1.40 bits per heavy atom.